The van der Waals surface area contributed by atoms with E-state index in [1.54, 1.807) is 27.7 Å². The third kappa shape index (κ3) is 4.29. The number of Topliss-reactive ketones (excluding diaryl/α,β-unsaturated/α-hetero) is 1. The van der Waals surface area contributed by atoms with Crippen LogP contribution >= 0.6 is 0 Å². The Balaban J connectivity index is 1.49. The molecule has 0 amide bonds. The van der Waals surface area contributed by atoms with E-state index in [2.05, 4.69) is 0 Å². The Bertz CT molecular complexity index is 1390. The maximum Gasteiger partial charge on any atom is 0.348 e. The summed E-state index contributed by atoms with van der Waals surface area (Å²) in [5, 5.41) is 54.3. The van der Waals surface area contributed by atoms with Crippen molar-refractivity contribution in [1.82, 2.24) is 0 Å². The fraction of sp³-hybridized carbons (Fsp3) is 0.742. The van der Waals surface area contributed by atoms with Crippen LogP contribution in [0.1, 0.15) is 34.1 Å². The Morgan fingerprint density at radius 3 is 2.39 bits per heavy atom. The van der Waals surface area contributed by atoms with Gasteiger partial charge < -0.3 is 54.0 Å². The van der Waals surface area contributed by atoms with Crippen molar-refractivity contribution >= 4 is 23.7 Å². The van der Waals surface area contributed by atoms with E-state index in [1.807, 2.05) is 0 Å². The fourth-order valence-corrected chi connectivity index (χ4v) is 9.29. The van der Waals surface area contributed by atoms with Crippen molar-refractivity contribution < 1.29 is 73.1 Å². The second-order valence-corrected chi connectivity index (χ2v) is 13.8. The minimum absolute atomic E-state index is 0.0808. The molecule has 2 saturated carbocycles. The van der Waals surface area contributed by atoms with Gasteiger partial charge in [-0.05, 0) is 37.7 Å². The van der Waals surface area contributed by atoms with Crippen LogP contribution in [0.15, 0.2) is 23.5 Å². The molecule has 3 heterocycles. The van der Waals surface area contributed by atoms with Gasteiger partial charge >= 0.3 is 17.9 Å². The Morgan fingerprint density at radius 2 is 1.74 bits per heavy atom. The van der Waals surface area contributed by atoms with Crippen molar-refractivity contribution in [2.75, 3.05) is 20.3 Å². The first-order chi connectivity index (χ1) is 21.6. The standard InChI is InChI=1S/C31H40O15/c1-11(2)6-17(33)46-22-24-30-10-43-31(24,28(40)41-5)25(38)21(37)23(30)29(4)8-15(44-27-20(36)19(35)14(32)9-42-27)18(34)12(3)13(29)7-16(30)45-26(22)39/h6,8,12-14,16,19-25,27,32,35-38H,7,9-10H2,1-5H3. The molecule has 3 aliphatic carbocycles. The zero-order valence-corrected chi connectivity index (χ0v) is 26.0. The van der Waals surface area contributed by atoms with Gasteiger partial charge in [0, 0.05) is 23.3 Å². The zero-order chi connectivity index (χ0) is 33.7. The van der Waals surface area contributed by atoms with Gasteiger partial charge in [0.1, 0.15) is 30.5 Å². The van der Waals surface area contributed by atoms with Gasteiger partial charge in [-0.2, -0.15) is 0 Å². The number of methoxy groups -OCH3 is 1. The molecule has 1 spiro atoms. The lowest BCUT2D eigenvalue weighted by atomic mass is 9.38. The monoisotopic (exact) mass is 652 g/mol. The van der Waals surface area contributed by atoms with Crippen LogP contribution in [0, 0.1) is 34.5 Å². The minimum Gasteiger partial charge on any atom is -0.467 e. The van der Waals surface area contributed by atoms with E-state index in [1.165, 1.54) is 6.08 Å². The molecule has 0 aromatic heterocycles. The summed E-state index contributed by atoms with van der Waals surface area (Å²) in [4.78, 5) is 53.7. The average molecular weight is 653 g/mol. The summed E-state index contributed by atoms with van der Waals surface area (Å²) in [6.07, 6.45) is -9.90. The van der Waals surface area contributed by atoms with Gasteiger partial charge in [-0.3, -0.25) is 4.79 Å². The van der Waals surface area contributed by atoms with E-state index in [0.29, 0.717) is 5.57 Å². The van der Waals surface area contributed by atoms with Crippen LogP contribution in [0.2, 0.25) is 0 Å². The number of allylic oxidation sites excluding steroid dienone is 3. The molecule has 15 heteroatoms. The maximum absolute atomic E-state index is 13.7. The summed E-state index contributed by atoms with van der Waals surface area (Å²) in [5.41, 5.74) is -4.38. The van der Waals surface area contributed by atoms with Crippen molar-refractivity contribution in [3.8, 4) is 0 Å². The topological polar surface area (TPSA) is 225 Å². The highest BCUT2D eigenvalue weighted by atomic mass is 16.7. The summed E-state index contributed by atoms with van der Waals surface area (Å²) >= 11 is 0. The normalized spacial score (nSPS) is 49.0. The zero-order valence-electron chi connectivity index (χ0n) is 26.0. The third-order valence-corrected chi connectivity index (χ3v) is 11.2. The second kappa shape index (κ2) is 11.1. The smallest absolute Gasteiger partial charge is 0.348 e. The molecule has 0 aromatic carbocycles. The van der Waals surface area contributed by atoms with Crippen LogP contribution in [-0.2, 0) is 47.6 Å². The Kier molecular flexibility index (Phi) is 7.94. The van der Waals surface area contributed by atoms with Crippen molar-refractivity contribution in [2.24, 2.45) is 34.5 Å². The number of ether oxygens (including phenoxy) is 6. The maximum atomic E-state index is 13.7. The van der Waals surface area contributed by atoms with E-state index in [-0.39, 0.29) is 25.4 Å². The number of carbonyl (C=O) groups excluding carboxylic acids is 4. The highest BCUT2D eigenvalue weighted by Crippen LogP contribution is 2.72. The van der Waals surface area contributed by atoms with Gasteiger partial charge in [-0.1, -0.05) is 19.4 Å². The lowest BCUT2D eigenvalue weighted by Crippen LogP contribution is -2.79. The van der Waals surface area contributed by atoms with Crippen LogP contribution in [0.25, 0.3) is 0 Å². The van der Waals surface area contributed by atoms with Gasteiger partial charge in [-0.15, -0.1) is 0 Å². The van der Waals surface area contributed by atoms with Crippen LogP contribution < -0.4 is 0 Å². The molecular formula is C31H40O15. The molecule has 2 bridgehead atoms. The van der Waals surface area contributed by atoms with Gasteiger partial charge in [0.2, 0.25) is 18.0 Å². The van der Waals surface area contributed by atoms with E-state index in [0.717, 1.165) is 13.2 Å². The summed E-state index contributed by atoms with van der Waals surface area (Å²) in [6, 6.07) is 0. The Hall–Kier alpha value is -2.92. The number of carbonyl (C=O) groups is 4. The number of esters is 3. The first-order valence-electron chi connectivity index (χ1n) is 15.3. The number of fused-ring (bicyclic) bond motifs is 2. The molecule has 15 nitrogen and oxygen atoms in total. The van der Waals surface area contributed by atoms with Crippen LogP contribution in [0.4, 0.5) is 0 Å². The summed E-state index contributed by atoms with van der Waals surface area (Å²) in [7, 11) is 1.07. The highest BCUT2D eigenvalue weighted by molar-refractivity contribution is 5.97. The quantitative estimate of drug-likeness (QED) is 0.126. The number of rotatable bonds is 5. The summed E-state index contributed by atoms with van der Waals surface area (Å²) in [5.74, 6) is -7.48. The molecule has 15 unspecified atom stereocenters. The van der Waals surface area contributed by atoms with Crippen LogP contribution in [0.3, 0.4) is 0 Å². The minimum atomic E-state index is -2.31. The van der Waals surface area contributed by atoms with Gasteiger partial charge in [0.25, 0.3) is 0 Å². The van der Waals surface area contributed by atoms with E-state index >= 15 is 0 Å². The predicted molar refractivity (Wildman–Crippen MR) is 149 cm³/mol. The van der Waals surface area contributed by atoms with E-state index < -0.39 is 113 Å². The Morgan fingerprint density at radius 1 is 1.04 bits per heavy atom. The molecular weight excluding hydrogens is 612 g/mol. The number of hydrogen-bond donors (Lipinski definition) is 5. The summed E-state index contributed by atoms with van der Waals surface area (Å²) < 4.78 is 34.0. The lowest BCUT2D eigenvalue weighted by Gasteiger charge is -2.67. The average Bonchev–Trinajstić information content (AvgIpc) is 3.30. The van der Waals surface area contributed by atoms with Gasteiger partial charge in [0.05, 0.1) is 32.3 Å². The van der Waals surface area contributed by atoms with E-state index in [9.17, 15) is 44.7 Å². The van der Waals surface area contributed by atoms with Crippen molar-refractivity contribution in [3.63, 3.8) is 0 Å². The number of ketones is 1. The molecule has 46 heavy (non-hydrogen) atoms. The SMILES string of the molecule is COC(=O)C12OCC34C(CC5C(C)C(=O)C(OC6OCC(O)C(O)C6O)=CC5(C)C3C(O)C1O)OC(=O)C(OC(=O)C=C(C)C)C24. The van der Waals surface area contributed by atoms with Gasteiger partial charge in [-0.25, -0.2) is 14.4 Å². The van der Waals surface area contributed by atoms with E-state index in [4.69, 9.17) is 28.4 Å². The van der Waals surface area contributed by atoms with Crippen molar-refractivity contribution in [1.29, 1.82) is 0 Å². The molecule has 6 aliphatic rings. The fourth-order valence-electron chi connectivity index (χ4n) is 9.29. The molecule has 5 N–H and O–H groups in total. The first-order valence-corrected chi connectivity index (χ1v) is 15.3. The molecule has 3 saturated heterocycles. The molecule has 0 aromatic rings. The van der Waals surface area contributed by atoms with Crippen molar-refractivity contribution in [2.45, 2.75) is 88.7 Å². The van der Waals surface area contributed by atoms with Crippen molar-refractivity contribution in [3.05, 3.63) is 23.5 Å². The van der Waals surface area contributed by atoms with Crippen LogP contribution in [0.5, 0.6) is 0 Å². The summed E-state index contributed by atoms with van der Waals surface area (Å²) in [6.45, 7) is 6.00. The molecule has 15 atom stereocenters. The van der Waals surface area contributed by atoms with Gasteiger partial charge in [0.15, 0.2) is 11.5 Å². The largest absolute Gasteiger partial charge is 0.467 e. The molecule has 6 rings (SSSR count). The molecule has 254 valence electrons. The molecule has 0 radical (unpaired) electrons. The van der Waals surface area contributed by atoms with Crippen LogP contribution in [-0.4, -0.2) is 124 Å². The first kappa shape index (κ1) is 33.0. The second-order valence-electron chi connectivity index (χ2n) is 13.8. The molecule has 5 fully saturated rings. The number of aliphatic hydroxyl groups excluding tert-OH is 5. The molecule has 3 aliphatic heterocycles. The highest BCUT2D eigenvalue weighted by Gasteiger charge is 2.85. The predicted octanol–water partition coefficient (Wildman–Crippen LogP) is -1.73. The third-order valence-electron chi connectivity index (χ3n) is 11.2. The Labute approximate surface area is 264 Å². The number of aliphatic hydroxyl groups is 5. The lowest BCUT2D eigenvalue weighted by molar-refractivity contribution is -0.289. The number of hydrogen-bond acceptors (Lipinski definition) is 15.